The summed E-state index contributed by atoms with van der Waals surface area (Å²) in [7, 11) is 4.49. The highest BCUT2D eigenvalue weighted by molar-refractivity contribution is 6.06. The fraction of sp³-hybridized carbons (Fsp3) is 0.235. The van der Waals surface area contributed by atoms with E-state index >= 15 is 0 Å². The first-order valence-corrected chi connectivity index (χ1v) is 7.02. The maximum absolute atomic E-state index is 11.9. The number of rotatable bonds is 4. The van der Waals surface area contributed by atoms with Crippen LogP contribution in [0.1, 0.15) is 16.2 Å². The van der Waals surface area contributed by atoms with E-state index in [9.17, 15) is 4.79 Å². The summed E-state index contributed by atoms with van der Waals surface area (Å²) in [4.78, 5) is 20.9. The minimum absolute atomic E-state index is 0.184. The Bertz CT molecular complexity index is 893. The second-order valence-electron chi connectivity index (χ2n) is 4.97. The van der Waals surface area contributed by atoms with E-state index in [-0.39, 0.29) is 5.69 Å². The molecule has 0 aliphatic carbocycles. The van der Waals surface area contributed by atoms with Gasteiger partial charge in [-0.05, 0) is 12.1 Å². The van der Waals surface area contributed by atoms with Crippen LogP contribution in [0.2, 0.25) is 0 Å². The Morgan fingerprint density at radius 1 is 1.04 bits per heavy atom. The molecule has 0 aliphatic heterocycles. The molecule has 0 aliphatic rings. The van der Waals surface area contributed by atoms with Crippen LogP contribution >= 0.6 is 0 Å². The van der Waals surface area contributed by atoms with Crippen LogP contribution in [-0.2, 0) is 16.1 Å². The van der Waals surface area contributed by atoms with E-state index in [2.05, 4.69) is 9.97 Å². The molecular weight excluding hydrogens is 296 g/mol. The molecule has 2 heterocycles. The number of hydrogen-bond acceptors (Lipinski definition) is 6. The summed E-state index contributed by atoms with van der Waals surface area (Å²) in [6.07, 6.45) is 0. The third-order valence-corrected chi connectivity index (χ3v) is 3.57. The van der Waals surface area contributed by atoms with E-state index in [1.807, 2.05) is 24.3 Å². The highest BCUT2D eigenvalue weighted by atomic mass is 16.5. The van der Waals surface area contributed by atoms with Crippen LogP contribution in [0.3, 0.4) is 0 Å². The standard InChI is InChI=1S/C17H16N2O4/c1-21-9-11-6-4-10-5-7-12-14(22-2)8-13(17(20)23-3)19-16(12)15(10)18-11/h4-8H,9H2,1-3H3. The van der Waals surface area contributed by atoms with Gasteiger partial charge in [0.15, 0.2) is 5.69 Å². The molecule has 0 saturated heterocycles. The van der Waals surface area contributed by atoms with Gasteiger partial charge >= 0.3 is 5.97 Å². The quantitative estimate of drug-likeness (QED) is 0.545. The molecule has 0 spiro atoms. The van der Waals surface area contributed by atoms with Crippen molar-refractivity contribution in [3.8, 4) is 5.75 Å². The van der Waals surface area contributed by atoms with Gasteiger partial charge < -0.3 is 14.2 Å². The Labute approximate surface area is 133 Å². The number of nitrogens with zero attached hydrogens (tertiary/aromatic N) is 2. The Morgan fingerprint density at radius 2 is 1.83 bits per heavy atom. The topological polar surface area (TPSA) is 70.5 Å². The molecular formula is C17H16N2O4. The van der Waals surface area contributed by atoms with Crippen LogP contribution in [0.25, 0.3) is 21.8 Å². The van der Waals surface area contributed by atoms with E-state index in [0.717, 1.165) is 16.5 Å². The molecule has 3 aromatic rings. The SMILES string of the molecule is COCc1ccc2ccc3c(OC)cc(C(=O)OC)nc3c2n1. The van der Waals surface area contributed by atoms with Crippen molar-refractivity contribution in [1.82, 2.24) is 9.97 Å². The van der Waals surface area contributed by atoms with Gasteiger partial charge in [0, 0.05) is 23.9 Å². The minimum Gasteiger partial charge on any atom is -0.496 e. The summed E-state index contributed by atoms with van der Waals surface area (Å²) in [6, 6.07) is 9.28. The fourth-order valence-corrected chi connectivity index (χ4v) is 2.49. The number of ether oxygens (including phenoxy) is 3. The normalized spacial score (nSPS) is 10.9. The predicted octanol–water partition coefficient (Wildman–Crippen LogP) is 2.72. The van der Waals surface area contributed by atoms with Gasteiger partial charge in [-0.15, -0.1) is 0 Å². The molecule has 1 aromatic carbocycles. The molecule has 0 unspecified atom stereocenters. The number of pyridine rings is 2. The van der Waals surface area contributed by atoms with E-state index in [4.69, 9.17) is 14.2 Å². The largest absolute Gasteiger partial charge is 0.496 e. The third-order valence-electron chi connectivity index (χ3n) is 3.57. The van der Waals surface area contributed by atoms with Crippen molar-refractivity contribution in [2.45, 2.75) is 6.61 Å². The van der Waals surface area contributed by atoms with Crippen molar-refractivity contribution in [1.29, 1.82) is 0 Å². The van der Waals surface area contributed by atoms with E-state index < -0.39 is 5.97 Å². The average molecular weight is 312 g/mol. The number of hydrogen-bond donors (Lipinski definition) is 0. The monoisotopic (exact) mass is 312 g/mol. The van der Waals surface area contributed by atoms with Gasteiger partial charge in [0.05, 0.1) is 32.0 Å². The lowest BCUT2D eigenvalue weighted by Crippen LogP contribution is -2.05. The van der Waals surface area contributed by atoms with E-state index in [1.54, 1.807) is 20.3 Å². The van der Waals surface area contributed by atoms with Gasteiger partial charge in [-0.2, -0.15) is 0 Å². The number of carbonyl (C=O) groups is 1. The van der Waals surface area contributed by atoms with Crippen LogP contribution < -0.4 is 4.74 Å². The molecule has 0 radical (unpaired) electrons. The first-order valence-electron chi connectivity index (χ1n) is 7.02. The van der Waals surface area contributed by atoms with Crippen molar-refractivity contribution in [3.05, 3.63) is 41.7 Å². The highest BCUT2D eigenvalue weighted by Gasteiger charge is 2.15. The maximum Gasteiger partial charge on any atom is 0.356 e. The van der Waals surface area contributed by atoms with Crippen molar-refractivity contribution >= 4 is 27.8 Å². The summed E-state index contributed by atoms with van der Waals surface area (Å²) in [5, 5.41) is 1.71. The molecule has 0 saturated carbocycles. The Balaban J connectivity index is 2.35. The van der Waals surface area contributed by atoms with Crippen molar-refractivity contribution in [2.75, 3.05) is 21.3 Å². The lowest BCUT2D eigenvalue weighted by Gasteiger charge is -2.10. The predicted molar refractivity (Wildman–Crippen MR) is 85.6 cm³/mol. The zero-order chi connectivity index (χ0) is 16.4. The van der Waals surface area contributed by atoms with Crippen molar-refractivity contribution in [3.63, 3.8) is 0 Å². The van der Waals surface area contributed by atoms with Crippen molar-refractivity contribution in [2.24, 2.45) is 0 Å². The van der Waals surface area contributed by atoms with Crippen LogP contribution in [0.15, 0.2) is 30.3 Å². The molecule has 6 heteroatoms. The average Bonchev–Trinajstić information content (AvgIpc) is 2.60. The smallest absolute Gasteiger partial charge is 0.356 e. The maximum atomic E-state index is 11.9. The molecule has 118 valence electrons. The second kappa shape index (κ2) is 6.18. The van der Waals surface area contributed by atoms with Gasteiger partial charge in [0.25, 0.3) is 0 Å². The molecule has 0 bridgehead atoms. The Morgan fingerprint density at radius 3 is 2.52 bits per heavy atom. The first-order chi connectivity index (χ1) is 11.2. The summed E-state index contributed by atoms with van der Waals surface area (Å²) >= 11 is 0. The summed E-state index contributed by atoms with van der Waals surface area (Å²) < 4.78 is 15.3. The molecule has 0 fully saturated rings. The lowest BCUT2D eigenvalue weighted by molar-refractivity contribution is 0.0594. The number of benzene rings is 1. The van der Waals surface area contributed by atoms with Gasteiger partial charge in [-0.1, -0.05) is 12.1 Å². The van der Waals surface area contributed by atoms with Crippen LogP contribution in [0.4, 0.5) is 0 Å². The minimum atomic E-state index is -0.518. The number of methoxy groups -OCH3 is 3. The molecule has 3 rings (SSSR count). The number of carbonyl (C=O) groups excluding carboxylic acids is 1. The van der Waals surface area contributed by atoms with E-state index in [1.165, 1.54) is 7.11 Å². The molecule has 6 nitrogen and oxygen atoms in total. The molecule has 2 aromatic heterocycles. The van der Waals surface area contributed by atoms with Crippen LogP contribution in [0.5, 0.6) is 5.75 Å². The van der Waals surface area contributed by atoms with Crippen molar-refractivity contribution < 1.29 is 19.0 Å². The molecule has 0 atom stereocenters. The zero-order valence-corrected chi connectivity index (χ0v) is 13.1. The van der Waals surface area contributed by atoms with Gasteiger partial charge in [-0.3, -0.25) is 0 Å². The Kier molecular flexibility index (Phi) is 4.08. The zero-order valence-electron chi connectivity index (χ0n) is 13.1. The molecule has 0 amide bonds. The summed E-state index contributed by atoms with van der Waals surface area (Å²) in [5.74, 6) is 0.0338. The highest BCUT2D eigenvalue weighted by Crippen LogP contribution is 2.30. The first kappa shape index (κ1) is 15.2. The van der Waals surface area contributed by atoms with Gasteiger partial charge in [0.1, 0.15) is 11.3 Å². The third kappa shape index (κ3) is 2.68. The van der Waals surface area contributed by atoms with Crippen LogP contribution in [-0.4, -0.2) is 37.3 Å². The Hall–Kier alpha value is -2.73. The number of aromatic nitrogens is 2. The number of fused-ring (bicyclic) bond motifs is 3. The number of esters is 1. The molecule has 23 heavy (non-hydrogen) atoms. The summed E-state index contributed by atoms with van der Waals surface area (Å²) in [5.41, 5.74) is 2.27. The van der Waals surface area contributed by atoms with Crippen LogP contribution in [0, 0.1) is 0 Å². The van der Waals surface area contributed by atoms with Gasteiger partial charge in [-0.25, -0.2) is 14.8 Å². The van der Waals surface area contributed by atoms with Gasteiger partial charge in [0.2, 0.25) is 0 Å². The second-order valence-corrected chi connectivity index (χ2v) is 4.97. The molecule has 0 N–H and O–H groups in total. The summed E-state index contributed by atoms with van der Waals surface area (Å²) in [6.45, 7) is 0.403. The fourth-order valence-electron chi connectivity index (χ4n) is 2.49. The lowest BCUT2D eigenvalue weighted by atomic mass is 10.1. The van der Waals surface area contributed by atoms with E-state index in [0.29, 0.717) is 23.4 Å².